The van der Waals surface area contributed by atoms with Crippen molar-refractivity contribution in [2.24, 2.45) is 5.92 Å². The van der Waals surface area contributed by atoms with Gasteiger partial charge >= 0.3 is 0 Å². The van der Waals surface area contributed by atoms with E-state index in [1.165, 1.54) is 0 Å². The van der Waals surface area contributed by atoms with Gasteiger partial charge in [-0.2, -0.15) is 0 Å². The molecule has 0 bridgehead atoms. The Hall–Kier alpha value is -1.41. The average Bonchev–Trinajstić information content (AvgIpc) is 2.33. The minimum atomic E-state index is -1.40. The summed E-state index contributed by atoms with van der Waals surface area (Å²) in [5.41, 5.74) is 2.51. The van der Waals surface area contributed by atoms with E-state index < -0.39 is 5.60 Å². The smallest absolute Gasteiger partial charge is 0.191 e. The van der Waals surface area contributed by atoms with E-state index in [4.69, 9.17) is 0 Å². The van der Waals surface area contributed by atoms with Crippen LogP contribution in [0.25, 0.3) is 5.57 Å². The summed E-state index contributed by atoms with van der Waals surface area (Å²) in [7, 11) is 0. The first-order chi connectivity index (χ1) is 8.75. The van der Waals surface area contributed by atoms with E-state index in [2.05, 4.69) is 33.8 Å². The monoisotopic (exact) mass is 258 g/mol. The Morgan fingerprint density at radius 1 is 1.11 bits per heavy atom. The van der Waals surface area contributed by atoms with Gasteiger partial charge in [-0.15, -0.1) is 0 Å². The van der Waals surface area contributed by atoms with Crippen molar-refractivity contribution in [1.29, 1.82) is 0 Å². The number of benzene rings is 1. The fraction of sp³-hybridized carbons (Fsp3) is 0.471. The Morgan fingerprint density at radius 2 is 1.74 bits per heavy atom. The first kappa shape index (κ1) is 14.0. The largest absolute Gasteiger partial charge is 0.377 e. The highest BCUT2D eigenvalue weighted by molar-refractivity contribution is 6.06. The second kappa shape index (κ2) is 4.61. The van der Waals surface area contributed by atoms with Crippen LogP contribution in [0.15, 0.2) is 24.3 Å². The summed E-state index contributed by atoms with van der Waals surface area (Å²) in [5.74, 6) is 0.429. The number of ketones is 1. The zero-order valence-corrected chi connectivity index (χ0v) is 12.3. The Morgan fingerprint density at radius 3 is 2.26 bits per heavy atom. The minimum absolute atomic E-state index is 0.218. The predicted octanol–water partition coefficient (Wildman–Crippen LogP) is 3.64. The zero-order valence-electron chi connectivity index (χ0n) is 12.3. The van der Waals surface area contributed by atoms with Gasteiger partial charge in [-0.1, -0.05) is 45.9 Å². The quantitative estimate of drug-likeness (QED) is 0.879. The van der Waals surface area contributed by atoms with Crippen LogP contribution in [-0.4, -0.2) is 10.9 Å². The maximum Gasteiger partial charge on any atom is 0.191 e. The van der Waals surface area contributed by atoms with Crippen molar-refractivity contribution in [2.45, 2.75) is 46.1 Å². The number of rotatable bonds is 2. The molecule has 1 unspecified atom stereocenters. The molecule has 2 heteroatoms. The maximum atomic E-state index is 12.1. The molecule has 0 radical (unpaired) electrons. The van der Waals surface area contributed by atoms with Crippen LogP contribution in [0.4, 0.5) is 0 Å². The second-order valence-corrected chi connectivity index (χ2v) is 6.15. The molecule has 0 saturated carbocycles. The van der Waals surface area contributed by atoms with E-state index in [-0.39, 0.29) is 11.7 Å². The summed E-state index contributed by atoms with van der Waals surface area (Å²) in [4.78, 5) is 12.1. The molecule has 0 aliphatic heterocycles. The first-order valence-corrected chi connectivity index (χ1v) is 6.88. The molecule has 0 aromatic heterocycles. The van der Waals surface area contributed by atoms with E-state index in [0.29, 0.717) is 5.92 Å². The molecule has 0 saturated heterocycles. The third-order valence-electron chi connectivity index (χ3n) is 3.93. The van der Waals surface area contributed by atoms with Crippen molar-refractivity contribution in [3.05, 3.63) is 41.0 Å². The highest BCUT2D eigenvalue weighted by Gasteiger charge is 2.38. The van der Waals surface area contributed by atoms with E-state index in [0.717, 1.165) is 22.3 Å². The van der Waals surface area contributed by atoms with Gasteiger partial charge < -0.3 is 5.11 Å². The van der Waals surface area contributed by atoms with Crippen LogP contribution in [0.2, 0.25) is 0 Å². The molecular formula is C17H22O2. The molecule has 0 amide bonds. The number of carbonyl (C=O) groups excluding carboxylic acids is 1. The Kier molecular flexibility index (Phi) is 3.40. The van der Waals surface area contributed by atoms with Gasteiger partial charge in [-0.3, -0.25) is 4.79 Å². The summed E-state index contributed by atoms with van der Waals surface area (Å²) < 4.78 is 0. The van der Waals surface area contributed by atoms with E-state index in [1.54, 1.807) is 13.0 Å². The van der Waals surface area contributed by atoms with Crippen molar-refractivity contribution in [3.8, 4) is 0 Å². The van der Waals surface area contributed by atoms with Crippen molar-refractivity contribution in [3.63, 3.8) is 0 Å². The van der Waals surface area contributed by atoms with E-state index in [1.807, 2.05) is 12.1 Å². The number of carbonyl (C=O) groups is 1. The minimum Gasteiger partial charge on any atom is -0.377 e. The van der Waals surface area contributed by atoms with Crippen molar-refractivity contribution < 1.29 is 9.90 Å². The van der Waals surface area contributed by atoms with E-state index in [9.17, 15) is 9.90 Å². The topological polar surface area (TPSA) is 37.3 Å². The third kappa shape index (κ3) is 2.25. The molecule has 0 spiro atoms. The summed E-state index contributed by atoms with van der Waals surface area (Å²) in [6.45, 7) is 9.95. The number of allylic oxidation sites excluding steroid dienone is 1. The van der Waals surface area contributed by atoms with Crippen molar-refractivity contribution >= 4 is 11.4 Å². The molecule has 2 nitrogen and oxygen atoms in total. The number of hydrogen-bond acceptors (Lipinski definition) is 2. The number of aliphatic hydroxyl groups is 1. The molecule has 1 aromatic carbocycles. The van der Waals surface area contributed by atoms with Crippen LogP contribution < -0.4 is 0 Å². The van der Waals surface area contributed by atoms with Crippen LogP contribution in [-0.2, 0) is 10.4 Å². The summed E-state index contributed by atoms with van der Waals surface area (Å²) in [6.07, 6.45) is 1.60. The van der Waals surface area contributed by atoms with Gasteiger partial charge in [0.1, 0.15) is 5.60 Å². The standard InChI is InChI=1S/C17H22O2/c1-10(2)12-6-7-13-14(11(3)4)9-16(18)17(5,19)15(13)8-12/h6-11,19H,1-5H3. The lowest BCUT2D eigenvalue weighted by molar-refractivity contribution is -0.131. The summed E-state index contributed by atoms with van der Waals surface area (Å²) >= 11 is 0. The van der Waals surface area contributed by atoms with Gasteiger partial charge in [0.2, 0.25) is 0 Å². The van der Waals surface area contributed by atoms with Crippen LogP contribution >= 0.6 is 0 Å². The van der Waals surface area contributed by atoms with Crippen molar-refractivity contribution in [1.82, 2.24) is 0 Å². The lowest BCUT2D eigenvalue weighted by Crippen LogP contribution is -2.35. The third-order valence-corrected chi connectivity index (χ3v) is 3.93. The van der Waals surface area contributed by atoms with Crippen LogP contribution in [0.5, 0.6) is 0 Å². The SMILES string of the molecule is CC(C)C1=CC(=O)C(C)(O)c2cc(C(C)C)ccc21. The summed E-state index contributed by atoms with van der Waals surface area (Å²) in [5, 5.41) is 10.5. The lowest BCUT2D eigenvalue weighted by atomic mass is 9.75. The second-order valence-electron chi connectivity index (χ2n) is 6.15. The van der Waals surface area contributed by atoms with Gasteiger partial charge in [0.25, 0.3) is 0 Å². The Balaban J connectivity index is 2.68. The molecule has 1 aromatic rings. The molecule has 1 atom stereocenters. The molecule has 1 aliphatic carbocycles. The molecule has 102 valence electrons. The summed E-state index contributed by atoms with van der Waals surface area (Å²) in [6, 6.07) is 6.11. The van der Waals surface area contributed by atoms with E-state index >= 15 is 0 Å². The molecule has 19 heavy (non-hydrogen) atoms. The molecule has 0 heterocycles. The molecule has 1 N–H and O–H groups in total. The van der Waals surface area contributed by atoms with Gasteiger partial charge in [0, 0.05) is 0 Å². The Labute approximate surface area is 115 Å². The molecule has 0 fully saturated rings. The molecule has 1 aliphatic rings. The first-order valence-electron chi connectivity index (χ1n) is 6.88. The number of fused-ring (bicyclic) bond motifs is 1. The van der Waals surface area contributed by atoms with Crippen LogP contribution in [0, 0.1) is 5.92 Å². The fourth-order valence-corrected chi connectivity index (χ4v) is 2.55. The highest BCUT2D eigenvalue weighted by atomic mass is 16.3. The van der Waals surface area contributed by atoms with Gasteiger partial charge in [0.15, 0.2) is 5.78 Å². The number of hydrogen-bond donors (Lipinski definition) is 1. The van der Waals surface area contributed by atoms with Crippen molar-refractivity contribution in [2.75, 3.05) is 0 Å². The molecular weight excluding hydrogens is 236 g/mol. The van der Waals surface area contributed by atoms with Crippen LogP contribution in [0.3, 0.4) is 0 Å². The van der Waals surface area contributed by atoms with Gasteiger partial charge in [-0.25, -0.2) is 0 Å². The van der Waals surface area contributed by atoms with Gasteiger partial charge in [0.05, 0.1) is 0 Å². The average molecular weight is 258 g/mol. The highest BCUT2D eigenvalue weighted by Crippen LogP contribution is 2.39. The Bertz CT molecular complexity index is 548. The predicted molar refractivity (Wildman–Crippen MR) is 77.9 cm³/mol. The normalized spacial score (nSPS) is 22.7. The molecule has 2 rings (SSSR count). The fourth-order valence-electron chi connectivity index (χ4n) is 2.55. The lowest BCUT2D eigenvalue weighted by Gasteiger charge is -2.31. The zero-order chi connectivity index (χ0) is 14.4. The van der Waals surface area contributed by atoms with Gasteiger partial charge in [-0.05, 0) is 47.1 Å². The maximum absolute atomic E-state index is 12.1. The van der Waals surface area contributed by atoms with Crippen LogP contribution in [0.1, 0.15) is 57.2 Å².